The first-order valence-corrected chi connectivity index (χ1v) is 11.3. The van der Waals surface area contributed by atoms with E-state index in [0.29, 0.717) is 12.2 Å². The van der Waals surface area contributed by atoms with Gasteiger partial charge in [0.15, 0.2) is 11.6 Å². The molecule has 2 aliphatic carbocycles. The van der Waals surface area contributed by atoms with Crippen LogP contribution in [0.4, 0.5) is 11.5 Å². The summed E-state index contributed by atoms with van der Waals surface area (Å²) in [7, 11) is 1.55. The third-order valence-electron chi connectivity index (χ3n) is 6.08. The lowest BCUT2D eigenvalue weighted by Gasteiger charge is -2.26. The average Bonchev–Trinajstić information content (AvgIpc) is 3.41. The standard InChI is InChI=1S/C22H23N3O4S/c1-25(2)14-8-9-17-15(12-14)20-16(13-22(17)10-11-22)21(23-29-20)24-30(26,27)19-7-5-4-6-18(19)28-3/h4-9,12H,10-11,13H2,1-3H3,(H,23,24). The summed E-state index contributed by atoms with van der Waals surface area (Å²) >= 11 is 0. The Labute approximate surface area is 175 Å². The van der Waals surface area contributed by atoms with Gasteiger partial charge in [0, 0.05) is 36.3 Å². The first-order chi connectivity index (χ1) is 14.3. The monoisotopic (exact) mass is 425 g/mol. The normalized spacial score (nSPS) is 16.0. The summed E-state index contributed by atoms with van der Waals surface area (Å²) in [4.78, 5) is 2.10. The van der Waals surface area contributed by atoms with Crippen molar-refractivity contribution >= 4 is 21.5 Å². The molecule has 2 aliphatic rings. The number of ether oxygens (including phenoxy) is 1. The number of nitrogens with zero attached hydrogens (tertiary/aromatic N) is 2. The number of anilines is 2. The largest absolute Gasteiger partial charge is 0.495 e. The van der Waals surface area contributed by atoms with Crippen LogP contribution in [0.1, 0.15) is 24.0 Å². The quantitative estimate of drug-likeness (QED) is 0.669. The minimum atomic E-state index is -3.88. The zero-order valence-electron chi connectivity index (χ0n) is 17.1. The number of sulfonamides is 1. The Morgan fingerprint density at radius 3 is 2.63 bits per heavy atom. The highest BCUT2D eigenvalue weighted by atomic mass is 32.2. The predicted octanol–water partition coefficient (Wildman–Crippen LogP) is 3.80. The molecule has 1 spiro atoms. The maximum Gasteiger partial charge on any atom is 0.266 e. The molecule has 2 aromatic carbocycles. The van der Waals surface area contributed by atoms with Crippen molar-refractivity contribution in [3.05, 3.63) is 53.6 Å². The van der Waals surface area contributed by atoms with E-state index in [1.807, 2.05) is 19.0 Å². The number of hydrogen-bond acceptors (Lipinski definition) is 6. The van der Waals surface area contributed by atoms with Gasteiger partial charge >= 0.3 is 0 Å². The number of rotatable bonds is 5. The molecular formula is C22H23N3O4S. The molecule has 30 heavy (non-hydrogen) atoms. The number of hydrogen-bond donors (Lipinski definition) is 1. The van der Waals surface area contributed by atoms with Crippen LogP contribution >= 0.6 is 0 Å². The summed E-state index contributed by atoms with van der Waals surface area (Å²) in [6, 6.07) is 12.9. The highest BCUT2D eigenvalue weighted by Gasteiger charge is 2.50. The fraction of sp³-hybridized carbons (Fsp3) is 0.318. The zero-order valence-corrected chi connectivity index (χ0v) is 17.9. The highest BCUT2D eigenvalue weighted by molar-refractivity contribution is 7.92. The van der Waals surface area contributed by atoms with Crippen LogP contribution in [0.5, 0.6) is 5.75 Å². The molecule has 1 saturated carbocycles. The van der Waals surface area contributed by atoms with Gasteiger partial charge in [0.25, 0.3) is 10.0 Å². The average molecular weight is 426 g/mol. The number of nitrogens with one attached hydrogen (secondary N) is 1. The second-order valence-electron chi connectivity index (χ2n) is 8.18. The molecule has 7 nitrogen and oxygen atoms in total. The third-order valence-corrected chi connectivity index (χ3v) is 7.46. The molecule has 1 fully saturated rings. The molecule has 1 heterocycles. The lowest BCUT2D eigenvalue weighted by Crippen LogP contribution is -2.20. The zero-order chi connectivity index (χ0) is 21.1. The second kappa shape index (κ2) is 6.50. The Kier molecular flexibility index (Phi) is 4.12. The van der Waals surface area contributed by atoms with Crippen molar-refractivity contribution in [2.24, 2.45) is 0 Å². The summed E-state index contributed by atoms with van der Waals surface area (Å²) < 4.78 is 39.6. The van der Waals surface area contributed by atoms with Gasteiger partial charge < -0.3 is 14.2 Å². The molecule has 3 aromatic rings. The topological polar surface area (TPSA) is 84.7 Å². The van der Waals surface area contributed by atoms with Gasteiger partial charge in [0.2, 0.25) is 0 Å². The minimum Gasteiger partial charge on any atom is -0.495 e. The molecule has 0 bridgehead atoms. The maximum atomic E-state index is 13.1. The summed E-state index contributed by atoms with van der Waals surface area (Å²) in [5, 5.41) is 4.11. The van der Waals surface area contributed by atoms with E-state index >= 15 is 0 Å². The Morgan fingerprint density at radius 1 is 1.17 bits per heavy atom. The van der Waals surface area contributed by atoms with Crippen molar-refractivity contribution in [1.29, 1.82) is 0 Å². The van der Waals surface area contributed by atoms with E-state index in [4.69, 9.17) is 9.26 Å². The summed E-state index contributed by atoms with van der Waals surface area (Å²) in [5.74, 6) is 1.18. The Morgan fingerprint density at radius 2 is 1.93 bits per heavy atom. The molecule has 0 atom stereocenters. The van der Waals surface area contributed by atoms with Crippen LogP contribution in [0.15, 0.2) is 51.9 Å². The molecule has 0 saturated heterocycles. The number of para-hydroxylation sites is 1. The van der Waals surface area contributed by atoms with Gasteiger partial charge in [-0.2, -0.15) is 0 Å². The fourth-order valence-electron chi connectivity index (χ4n) is 4.28. The van der Waals surface area contributed by atoms with E-state index < -0.39 is 10.0 Å². The van der Waals surface area contributed by atoms with Crippen LogP contribution in [-0.2, 0) is 21.9 Å². The highest BCUT2D eigenvalue weighted by Crippen LogP contribution is 2.58. The molecule has 0 unspecified atom stereocenters. The van der Waals surface area contributed by atoms with Gasteiger partial charge in [-0.3, -0.25) is 4.72 Å². The third kappa shape index (κ3) is 2.86. The molecule has 5 rings (SSSR count). The van der Waals surface area contributed by atoms with Crippen molar-refractivity contribution in [2.75, 3.05) is 30.8 Å². The van der Waals surface area contributed by atoms with E-state index in [1.54, 1.807) is 18.2 Å². The van der Waals surface area contributed by atoms with Crippen molar-refractivity contribution in [2.45, 2.75) is 29.6 Å². The van der Waals surface area contributed by atoms with E-state index in [9.17, 15) is 8.42 Å². The van der Waals surface area contributed by atoms with Crippen molar-refractivity contribution in [3.63, 3.8) is 0 Å². The van der Waals surface area contributed by atoms with Gasteiger partial charge in [-0.15, -0.1) is 0 Å². The molecule has 1 aromatic heterocycles. The predicted molar refractivity (Wildman–Crippen MR) is 115 cm³/mol. The first kappa shape index (κ1) is 19.0. The molecule has 8 heteroatoms. The molecule has 1 N–H and O–H groups in total. The van der Waals surface area contributed by atoms with Crippen LogP contribution in [0.3, 0.4) is 0 Å². The molecule has 156 valence electrons. The van der Waals surface area contributed by atoms with E-state index in [2.05, 4.69) is 28.1 Å². The van der Waals surface area contributed by atoms with Gasteiger partial charge in [-0.1, -0.05) is 23.4 Å². The van der Waals surface area contributed by atoms with Crippen LogP contribution in [-0.4, -0.2) is 34.8 Å². The summed E-state index contributed by atoms with van der Waals surface area (Å²) in [5.41, 5.74) is 4.18. The molecule has 0 aliphatic heterocycles. The van der Waals surface area contributed by atoms with Crippen LogP contribution in [0.25, 0.3) is 11.3 Å². The van der Waals surface area contributed by atoms with Gasteiger partial charge in [0.05, 0.1) is 7.11 Å². The van der Waals surface area contributed by atoms with Crippen molar-refractivity contribution in [1.82, 2.24) is 5.16 Å². The van der Waals surface area contributed by atoms with Gasteiger partial charge in [-0.05, 0) is 49.1 Å². The van der Waals surface area contributed by atoms with Crippen LogP contribution in [0, 0.1) is 0 Å². The van der Waals surface area contributed by atoms with Crippen LogP contribution in [0.2, 0.25) is 0 Å². The Hall–Kier alpha value is -3.00. The van der Waals surface area contributed by atoms with Gasteiger partial charge in [0.1, 0.15) is 10.6 Å². The first-order valence-electron chi connectivity index (χ1n) is 9.81. The lowest BCUT2D eigenvalue weighted by atomic mass is 9.79. The Bertz CT molecular complexity index is 1240. The van der Waals surface area contributed by atoms with E-state index in [0.717, 1.165) is 29.7 Å². The minimum absolute atomic E-state index is 0.0450. The van der Waals surface area contributed by atoms with Crippen molar-refractivity contribution in [3.8, 4) is 17.1 Å². The van der Waals surface area contributed by atoms with Crippen molar-refractivity contribution < 1.29 is 17.7 Å². The lowest BCUT2D eigenvalue weighted by molar-refractivity contribution is 0.403. The fourth-order valence-corrected chi connectivity index (χ4v) is 5.48. The second-order valence-corrected chi connectivity index (χ2v) is 9.83. The molecular weight excluding hydrogens is 402 g/mol. The van der Waals surface area contributed by atoms with Crippen LogP contribution < -0.4 is 14.4 Å². The van der Waals surface area contributed by atoms with E-state index in [1.165, 1.54) is 18.7 Å². The SMILES string of the molecule is COc1ccccc1S(=O)(=O)Nc1noc2c1CC1(CC1)c1ccc(N(C)C)cc1-2. The smallest absolute Gasteiger partial charge is 0.266 e. The van der Waals surface area contributed by atoms with E-state index in [-0.39, 0.29) is 21.9 Å². The number of aromatic nitrogens is 1. The Balaban J connectivity index is 1.58. The number of fused-ring (bicyclic) bond motifs is 4. The number of methoxy groups -OCH3 is 1. The molecule has 0 amide bonds. The molecule has 0 radical (unpaired) electrons. The van der Waals surface area contributed by atoms with Gasteiger partial charge in [-0.25, -0.2) is 8.42 Å². The summed E-state index contributed by atoms with van der Waals surface area (Å²) in [6.07, 6.45) is 2.86. The maximum absolute atomic E-state index is 13.1. The number of benzene rings is 2. The summed E-state index contributed by atoms with van der Waals surface area (Å²) in [6.45, 7) is 0.